The summed E-state index contributed by atoms with van der Waals surface area (Å²) >= 11 is 0. The molecule has 0 spiro atoms. The van der Waals surface area contributed by atoms with Crippen LogP contribution in [0.1, 0.15) is 12.8 Å². The molecule has 3 nitrogen and oxygen atoms in total. The van der Waals surface area contributed by atoms with Gasteiger partial charge in [0.2, 0.25) is 0 Å². The van der Waals surface area contributed by atoms with E-state index in [0.717, 1.165) is 12.5 Å². The highest BCUT2D eigenvalue weighted by Crippen LogP contribution is 2.27. The van der Waals surface area contributed by atoms with Crippen molar-refractivity contribution in [3.63, 3.8) is 0 Å². The van der Waals surface area contributed by atoms with Crippen LogP contribution in [0.25, 0.3) is 0 Å². The van der Waals surface area contributed by atoms with Gasteiger partial charge in [0.25, 0.3) is 0 Å². The lowest BCUT2D eigenvalue weighted by molar-refractivity contribution is 0.337. The number of hydrogen-bond donors (Lipinski definition) is 3. The first-order valence-electron chi connectivity index (χ1n) is 3.90. The summed E-state index contributed by atoms with van der Waals surface area (Å²) in [5.41, 5.74) is 0.630. The van der Waals surface area contributed by atoms with E-state index in [1.165, 1.54) is 19.1 Å². The SMILES string of the molecule is N=C/C(=C\NCC1CC1)CO. The zero-order valence-corrected chi connectivity index (χ0v) is 6.51. The minimum atomic E-state index is -0.0544. The molecule has 0 bridgehead atoms. The molecule has 1 aliphatic rings. The maximum Gasteiger partial charge on any atom is 0.0710 e. The van der Waals surface area contributed by atoms with Gasteiger partial charge in [0, 0.05) is 24.5 Å². The van der Waals surface area contributed by atoms with E-state index in [0.29, 0.717) is 5.57 Å². The van der Waals surface area contributed by atoms with Gasteiger partial charge >= 0.3 is 0 Å². The van der Waals surface area contributed by atoms with E-state index in [4.69, 9.17) is 10.5 Å². The van der Waals surface area contributed by atoms with Crippen LogP contribution in [-0.2, 0) is 0 Å². The Labute approximate surface area is 66.6 Å². The van der Waals surface area contributed by atoms with E-state index >= 15 is 0 Å². The Hall–Kier alpha value is -0.830. The molecule has 0 aromatic rings. The zero-order chi connectivity index (χ0) is 8.10. The molecule has 62 valence electrons. The summed E-state index contributed by atoms with van der Waals surface area (Å²) in [7, 11) is 0. The van der Waals surface area contributed by atoms with Gasteiger partial charge in [-0.15, -0.1) is 0 Å². The fraction of sp³-hybridized carbons (Fsp3) is 0.625. The molecule has 1 aliphatic carbocycles. The second-order valence-corrected chi connectivity index (χ2v) is 2.87. The van der Waals surface area contributed by atoms with Crippen LogP contribution in [-0.4, -0.2) is 24.5 Å². The lowest BCUT2D eigenvalue weighted by atomic mass is 10.3. The standard InChI is InChI=1S/C8H14N2O/c9-3-8(6-11)5-10-4-7-1-2-7/h3,5,7,9-11H,1-2,4,6H2/b8-5+,9-3?. The van der Waals surface area contributed by atoms with E-state index in [1.54, 1.807) is 6.20 Å². The maximum absolute atomic E-state index is 8.65. The summed E-state index contributed by atoms with van der Waals surface area (Å²) in [6.07, 6.45) is 5.52. The van der Waals surface area contributed by atoms with Crippen LogP contribution in [0.15, 0.2) is 11.8 Å². The fourth-order valence-corrected chi connectivity index (χ4v) is 0.812. The summed E-state index contributed by atoms with van der Waals surface area (Å²) in [6, 6.07) is 0. The first-order valence-corrected chi connectivity index (χ1v) is 3.90. The Balaban J connectivity index is 2.13. The van der Waals surface area contributed by atoms with Crippen molar-refractivity contribution in [3.8, 4) is 0 Å². The summed E-state index contributed by atoms with van der Waals surface area (Å²) in [6.45, 7) is 0.929. The third-order valence-corrected chi connectivity index (χ3v) is 1.76. The number of aliphatic hydroxyl groups excluding tert-OH is 1. The Bertz CT molecular complexity index is 161. The molecule has 0 amide bonds. The number of nitrogens with one attached hydrogen (secondary N) is 2. The molecule has 0 heterocycles. The Morgan fingerprint density at radius 3 is 2.82 bits per heavy atom. The van der Waals surface area contributed by atoms with Crippen LogP contribution in [0.3, 0.4) is 0 Å². The van der Waals surface area contributed by atoms with E-state index in [-0.39, 0.29) is 6.61 Å². The minimum Gasteiger partial charge on any atom is -0.392 e. The molecular weight excluding hydrogens is 140 g/mol. The van der Waals surface area contributed by atoms with Crippen molar-refractivity contribution in [1.82, 2.24) is 5.32 Å². The zero-order valence-electron chi connectivity index (χ0n) is 6.51. The van der Waals surface area contributed by atoms with Gasteiger partial charge < -0.3 is 15.8 Å². The molecule has 11 heavy (non-hydrogen) atoms. The van der Waals surface area contributed by atoms with Gasteiger partial charge in [-0.05, 0) is 18.8 Å². The van der Waals surface area contributed by atoms with Crippen molar-refractivity contribution in [2.75, 3.05) is 13.2 Å². The molecule has 3 heteroatoms. The lowest BCUT2D eigenvalue weighted by Crippen LogP contribution is -2.11. The Morgan fingerprint density at radius 2 is 2.36 bits per heavy atom. The largest absolute Gasteiger partial charge is 0.392 e. The first kappa shape index (κ1) is 8.27. The average molecular weight is 154 g/mol. The smallest absolute Gasteiger partial charge is 0.0710 e. The van der Waals surface area contributed by atoms with Gasteiger partial charge in [-0.2, -0.15) is 0 Å². The van der Waals surface area contributed by atoms with Crippen molar-refractivity contribution in [1.29, 1.82) is 5.41 Å². The number of hydrogen-bond acceptors (Lipinski definition) is 3. The predicted molar refractivity (Wildman–Crippen MR) is 44.7 cm³/mol. The van der Waals surface area contributed by atoms with Crippen LogP contribution in [0, 0.1) is 11.3 Å². The van der Waals surface area contributed by atoms with Crippen LogP contribution in [0.4, 0.5) is 0 Å². The molecular formula is C8H14N2O. The van der Waals surface area contributed by atoms with E-state index in [9.17, 15) is 0 Å². The Kier molecular flexibility index (Phi) is 3.11. The Morgan fingerprint density at radius 1 is 1.64 bits per heavy atom. The molecule has 0 saturated heterocycles. The highest BCUT2D eigenvalue weighted by atomic mass is 16.3. The second kappa shape index (κ2) is 4.13. The molecule has 1 rings (SSSR count). The van der Waals surface area contributed by atoms with Crippen LogP contribution < -0.4 is 5.32 Å². The number of rotatable bonds is 5. The van der Waals surface area contributed by atoms with Crippen LogP contribution >= 0.6 is 0 Å². The summed E-state index contributed by atoms with van der Waals surface area (Å²) in [5.74, 6) is 0.830. The topological polar surface area (TPSA) is 56.1 Å². The third-order valence-electron chi connectivity index (χ3n) is 1.76. The molecule has 0 atom stereocenters. The monoisotopic (exact) mass is 154 g/mol. The summed E-state index contributed by atoms with van der Waals surface area (Å²) < 4.78 is 0. The van der Waals surface area contributed by atoms with Gasteiger partial charge in [0.05, 0.1) is 6.61 Å². The molecule has 0 aromatic heterocycles. The van der Waals surface area contributed by atoms with Crippen molar-refractivity contribution in [2.45, 2.75) is 12.8 Å². The summed E-state index contributed by atoms with van der Waals surface area (Å²) in [4.78, 5) is 0. The fourth-order valence-electron chi connectivity index (χ4n) is 0.812. The normalized spacial score (nSPS) is 18.1. The maximum atomic E-state index is 8.65. The van der Waals surface area contributed by atoms with Gasteiger partial charge in [-0.3, -0.25) is 0 Å². The van der Waals surface area contributed by atoms with Crippen molar-refractivity contribution in [3.05, 3.63) is 11.8 Å². The number of aliphatic hydroxyl groups is 1. The minimum absolute atomic E-state index is 0.0544. The molecule has 0 aromatic carbocycles. The third kappa shape index (κ3) is 3.18. The van der Waals surface area contributed by atoms with Crippen molar-refractivity contribution >= 4 is 6.21 Å². The van der Waals surface area contributed by atoms with E-state index < -0.39 is 0 Å². The van der Waals surface area contributed by atoms with Gasteiger partial charge in [-0.1, -0.05) is 0 Å². The van der Waals surface area contributed by atoms with Gasteiger partial charge in [0.1, 0.15) is 0 Å². The van der Waals surface area contributed by atoms with E-state index in [1.807, 2.05) is 0 Å². The van der Waals surface area contributed by atoms with E-state index in [2.05, 4.69) is 5.32 Å². The van der Waals surface area contributed by atoms with Crippen LogP contribution in [0.2, 0.25) is 0 Å². The molecule has 0 radical (unpaired) electrons. The second-order valence-electron chi connectivity index (χ2n) is 2.87. The summed E-state index contributed by atoms with van der Waals surface area (Å²) in [5, 5.41) is 18.6. The molecule has 1 saturated carbocycles. The highest BCUT2D eigenvalue weighted by Gasteiger charge is 2.19. The molecule has 1 fully saturated rings. The van der Waals surface area contributed by atoms with Crippen LogP contribution in [0.5, 0.6) is 0 Å². The predicted octanol–water partition coefficient (Wildman–Crippen LogP) is 0.512. The van der Waals surface area contributed by atoms with Crippen molar-refractivity contribution in [2.24, 2.45) is 5.92 Å². The lowest BCUT2D eigenvalue weighted by Gasteiger charge is -1.98. The van der Waals surface area contributed by atoms with Gasteiger partial charge in [-0.25, -0.2) is 0 Å². The van der Waals surface area contributed by atoms with Gasteiger partial charge in [0.15, 0.2) is 0 Å². The van der Waals surface area contributed by atoms with Crippen molar-refractivity contribution < 1.29 is 5.11 Å². The highest BCUT2D eigenvalue weighted by molar-refractivity contribution is 5.75. The first-order chi connectivity index (χ1) is 5.36. The molecule has 0 unspecified atom stereocenters. The molecule has 3 N–H and O–H groups in total. The molecule has 0 aliphatic heterocycles. The average Bonchev–Trinajstić information content (AvgIpc) is 2.82. The quantitative estimate of drug-likeness (QED) is 0.505.